The van der Waals surface area contributed by atoms with Crippen LogP contribution < -0.4 is 5.32 Å². The van der Waals surface area contributed by atoms with Crippen LogP contribution in [-0.2, 0) is 0 Å². The molecule has 1 saturated heterocycles. The number of aromatic nitrogens is 5. The van der Waals surface area contributed by atoms with Crippen LogP contribution in [0.2, 0.25) is 10.0 Å². The monoisotopic (exact) mass is 350 g/mol. The molecule has 0 bridgehead atoms. The van der Waals surface area contributed by atoms with Crippen molar-refractivity contribution in [3.05, 3.63) is 39.9 Å². The Balaban J connectivity index is 1.73. The van der Waals surface area contributed by atoms with Crippen LogP contribution in [0.4, 0.5) is 0 Å². The van der Waals surface area contributed by atoms with Crippen molar-refractivity contribution in [3.63, 3.8) is 0 Å². The fourth-order valence-electron chi connectivity index (χ4n) is 2.35. The van der Waals surface area contributed by atoms with E-state index in [1.165, 1.54) is 0 Å². The van der Waals surface area contributed by atoms with Gasteiger partial charge in [-0.15, -0.1) is 5.10 Å². The van der Waals surface area contributed by atoms with Gasteiger partial charge in [-0.2, -0.15) is 4.98 Å². The smallest absolute Gasteiger partial charge is 0.297 e. The molecule has 0 aliphatic carbocycles. The molecular weight excluding hydrogens is 339 g/mol. The van der Waals surface area contributed by atoms with Crippen LogP contribution in [-0.4, -0.2) is 38.0 Å². The van der Waals surface area contributed by atoms with Crippen LogP contribution in [0.3, 0.4) is 0 Å². The molecule has 0 atom stereocenters. The molecule has 23 heavy (non-hydrogen) atoms. The third-order valence-corrected chi connectivity index (χ3v) is 4.31. The second-order valence-electron chi connectivity index (χ2n) is 5.28. The van der Waals surface area contributed by atoms with Gasteiger partial charge in [0.1, 0.15) is 11.5 Å². The van der Waals surface area contributed by atoms with Crippen molar-refractivity contribution in [2.75, 3.05) is 13.1 Å². The van der Waals surface area contributed by atoms with E-state index < -0.39 is 0 Å². The highest BCUT2D eigenvalue weighted by Crippen LogP contribution is 2.29. The maximum atomic E-state index is 6.23. The van der Waals surface area contributed by atoms with E-state index in [4.69, 9.17) is 27.7 Å². The van der Waals surface area contributed by atoms with Gasteiger partial charge >= 0.3 is 0 Å². The fourth-order valence-corrected chi connectivity index (χ4v) is 2.90. The zero-order chi connectivity index (χ0) is 16.0. The minimum absolute atomic E-state index is 0.286. The first-order chi connectivity index (χ1) is 11.1. The molecule has 1 fully saturated rings. The number of nitrogens with one attached hydrogen (secondary N) is 1. The summed E-state index contributed by atoms with van der Waals surface area (Å²) in [6.45, 7) is 3.52. The lowest BCUT2D eigenvalue weighted by molar-refractivity contribution is 0.381. The Bertz CT molecular complexity index is 850. The maximum absolute atomic E-state index is 6.23. The average molecular weight is 351 g/mol. The van der Waals surface area contributed by atoms with Crippen molar-refractivity contribution in [2.45, 2.75) is 12.8 Å². The van der Waals surface area contributed by atoms with E-state index in [9.17, 15) is 0 Å². The summed E-state index contributed by atoms with van der Waals surface area (Å²) in [4.78, 5) is 8.75. The van der Waals surface area contributed by atoms with Gasteiger partial charge < -0.3 is 9.84 Å². The van der Waals surface area contributed by atoms with Gasteiger partial charge in [-0.05, 0) is 19.1 Å². The van der Waals surface area contributed by atoms with Crippen LogP contribution in [0.15, 0.2) is 22.7 Å². The molecule has 7 nitrogen and oxygen atoms in total. The highest BCUT2D eigenvalue weighted by molar-refractivity contribution is 6.37. The summed E-state index contributed by atoms with van der Waals surface area (Å²) in [5.41, 5.74) is 0.579. The van der Waals surface area contributed by atoms with Gasteiger partial charge in [-0.25, -0.2) is 9.67 Å². The van der Waals surface area contributed by atoms with E-state index in [2.05, 4.69) is 25.5 Å². The SMILES string of the molecule is Cc1nc(-c2nc(C3CNC3)no2)nn1-c1c(Cl)cccc1Cl. The van der Waals surface area contributed by atoms with Gasteiger partial charge in [-0.1, -0.05) is 34.4 Å². The summed E-state index contributed by atoms with van der Waals surface area (Å²) in [5.74, 6) is 2.22. The molecule has 1 N–H and O–H groups in total. The van der Waals surface area contributed by atoms with E-state index in [0.29, 0.717) is 33.2 Å². The molecule has 1 aromatic carbocycles. The molecule has 0 saturated carbocycles. The number of benzene rings is 1. The second-order valence-corrected chi connectivity index (χ2v) is 6.09. The molecule has 1 aliphatic heterocycles. The highest BCUT2D eigenvalue weighted by Gasteiger charge is 2.26. The summed E-state index contributed by atoms with van der Waals surface area (Å²) in [6, 6.07) is 5.27. The van der Waals surface area contributed by atoms with Crippen molar-refractivity contribution >= 4 is 23.2 Å². The number of nitrogens with zero attached hydrogens (tertiary/aromatic N) is 5. The van der Waals surface area contributed by atoms with Crippen molar-refractivity contribution in [2.24, 2.45) is 0 Å². The van der Waals surface area contributed by atoms with Crippen LogP contribution in [0, 0.1) is 6.92 Å². The van der Waals surface area contributed by atoms with E-state index in [0.717, 1.165) is 13.1 Å². The largest absolute Gasteiger partial charge is 0.330 e. The maximum Gasteiger partial charge on any atom is 0.297 e. The van der Waals surface area contributed by atoms with Crippen LogP contribution in [0.5, 0.6) is 0 Å². The quantitative estimate of drug-likeness (QED) is 0.781. The Kier molecular flexibility index (Phi) is 3.56. The Labute approximate surface area is 141 Å². The number of aryl methyl sites for hydroxylation is 1. The lowest BCUT2D eigenvalue weighted by atomic mass is 10.0. The highest BCUT2D eigenvalue weighted by atomic mass is 35.5. The molecule has 2 aromatic heterocycles. The number of halogens is 2. The number of para-hydroxylation sites is 1. The summed E-state index contributed by atoms with van der Waals surface area (Å²) >= 11 is 12.5. The molecule has 1 aliphatic rings. The van der Waals surface area contributed by atoms with Gasteiger partial charge in [0.2, 0.25) is 5.82 Å². The van der Waals surface area contributed by atoms with Crippen molar-refractivity contribution in [1.29, 1.82) is 0 Å². The van der Waals surface area contributed by atoms with E-state index in [-0.39, 0.29) is 11.8 Å². The van der Waals surface area contributed by atoms with Crippen molar-refractivity contribution in [1.82, 2.24) is 30.2 Å². The minimum Gasteiger partial charge on any atom is -0.330 e. The van der Waals surface area contributed by atoms with Crippen LogP contribution in [0.1, 0.15) is 17.6 Å². The zero-order valence-corrected chi connectivity index (χ0v) is 13.6. The second kappa shape index (κ2) is 5.59. The Morgan fingerprint density at radius 3 is 2.61 bits per heavy atom. The van der Waals surface area contributed by atoms with Gasteiger partial charge in [0.05, 0.1) is 10.0 Å². The van der Waals surface area contributed by atoms with E-state index in [1.54, 1.807) is 22.9 Å². The molecule has 0 radical (unpaired) electrons. The number of hydrogen-bond acceptors (Lipinski definition) is 6. The minimum atomic E-state index is 0.286. The molecule has 3 aromatic rings. The van der Waals surface area contributed by atoms with Crippen LogP contribution >= 0.6 is 23.2 Å². The Hall–Kier alpha value is -1.96. The molecule has 0 spiro atoms. The van der Waals surface area contributed by atoms with E-state index in [1.807, 2.05) is 6.92 Å². The molecule has 0 unspecified atom stereocenters. The molecule has 3 heterocycles. The van der Waals surface area contributed by atoms with Gasteiger partial charge in [-0.3, -0.25) is 0 Å². The molecule has 9 heteroatoms. The standard InChI is InChI=1S/C14H12Cl2N6O/c1-7-18-13(14-19-12(21-23-14)8-5-17-6-8)20-22(7)11-9(15)3-2-4-10(11)16/h2-4,8,17H,5-6H2,1H3. The lowest BCUT2D eigenvalue weighted by Gasteiger charge is -2.23. The summed E-state index contributed by atoms with van der Waals surface area (Å²) in [7, 11) is 0. The number of rotatable bonds is 3. The molecule has 118 valence electrons. The Morgan fingerprint density at radius 2 is 1.96 bits per heavy atom. The normalized spacial score (nSPS) is 14.9. The van der Waals surface area contributed by atoms with Gasteiger partial charge in [0.25, 0.3) is 5.89 Å². The third kappa shape index (κ3) is 2.50. The first kappa shape index (κ1) is 14.6. The topological polar surface area (TPSA) is 81.7 Å². The lowest BCUT2D eigenvalue weighted by Crippen LogP contribution is -2.40. The summed E-state index contributed by atoms with van der Waals surface area (Å²) in [5, 5.41) is 12.6. The third-order valence-electron chi connectivity index (χ3n) is 3.70. The van der Waals surface area contributed by atoms with Crippen LogP contribution in [0.25, 0.3) is 17.4 Å². The first-order valence-electron chi connectivity index (χ1n) is 7.06. The summed E-state index contributed by atoms with van der Waals surface area (Å²) < 4.78 is 6.86. The molecular formula is C14H12Cl2N6O. The van der Waals surface area contributed by atoms with Gasteiger partial charge in [0.15, 0.2) is 5.82 Å². The summed E-state index contributed by atoms with van der Waals surface area (Å²) in [6.07, 6.45) is 0. The zero-order valence-electron chi connectivity index (χ0n) is 12.1. The van der Waals surface area contributed by atoms with Gasteiger partial charge in [0, 0.05) is 19.0 Å². The molecule has 4 rings (SSSR count). The fraction of sp³-hybridized carbons (Fsp3) is 0.286. The van der Waals surface area contributed by atoms with E-state index >= 15 is 0 Å². The predicted molar refractivity (Wildman–Crippen MR) is 85.0 cm³/mol. The van der Waals surface area contributed by atoms with Crippen molar-refractivity contribution in [3.8, 4) is 17.4 Å². The Morgan fingerprint density at radius 1 is 1.22 bits per heavy atom. The average Bonchev–Trinajstić information content (AvgIpc) is 3.05. The molecule has 0 amide bonds. The van der Waals surface area contributed by atoms with Crippen molar-refractivity contribution < 1.29 is 4.52 Å². The predicted octanol–water partition coefficient (Wildman–Crippen LogP) is 2.62. The number of hydrogen-bond donors (Lipinski definition) is 1. The first-order valence-corrected chi connectivity index (χ1v) is 7.82.